The highest BCUT2D eigenvalue weighted by Gasteiger charge is 2.23. The molecule has 5 rings (SSSR count). The van der Waals surface area contributed by atoms with E-state index in [0.717, 1.165) is 46.5 Å². The van der Waals surface area contributed by atoms with Crippen molar-refractivity contribution in [3.8, 4) is 5.69 Å². The van der Waals surface area contributed by atoms with Gasteiger partial charge in [0.05, 0.1) is 12.3 Å². The summed E-state index contributed by atoms with van der Waals surface area (Å²) >= 11 is 1.67. The number of rotatable bonds is 9. The first-order valence-electron chi connectivity index (χ1n) is 11.4. The number of nitrogens with zero attached hydrogens (tertiary/aromatic N) is 3. The number of imidazole rings is 1. The molecule has 1 aliphatic carbocycles. The molecule has 164 valence electrons. The number of carbonyl (C=O) groups excluding carboxylic acids is 1. The molecule has 0 bridgehead atoms. The SMILES string of the molecule is CCOC(=O)CCCSc1nc2cccnc2n1-c1cccc2c(CC3CC3)cccc12. The Bertz CT molecular complexity index is 1260. The molecule has 2 heterocycles. The summed E-state index contributed by atoms with van der Waals surface area (Å²) in [7, 11) is 0. The largest absolute Gasteiger partial charge is 0.466 e. The van der Waals surface area contributed by atoms with Gasteiger partial charge in [-0.3, -0.25) is 9.36 Å². The minimum absolute atomic E-state index is 0.138. The zero-order valence-electron chi connectivity index (χ0n) is 18.3. The second kappa shape index (κ2) is 9.33. The maximum atomic E-state index is 11.7. The van der Waals surface area contributed by atoms with Crippen molar-refractivity contribution in [3.05, 3.63) is 60.3 Å². The third-order valence-corrected chi connectivity index (χ3v) is 6.91. The van der Waals surface area contributed by atoms with Gasteiger partial charge < -0.3 is 4.74 Å². The van der Waals surface area contributed by atoms with Crippen LogP contribution < -0.4 is 0 Å². The summed E-state index contributed by atoms with van der Waals surface area (Å²) in [6.45, 7) is 2.26. The number of fused-ring (bicyclic) bond motifs is 2. The normalized spacial score (nSPS) is 13.7. The van der Waals surface area contributed by atoms with Gasteiger partial charge in [0.1, 0.15) is 5.52 Å². The third-order valence-electron chi connectivity index (χ3n) is 5.88. The zero-order chi connectivity index (χ0) is 21.9. The van der Waals surface area contributed by atoms with Gasteiger partial charge in [-0.25, -0.2) is 9.97 Å². The van der Waals surface area contributed by atoms with Crippen molar-refractivity contribution in [2.75, 3.05) is 12.4 Å². The summed E-state index contributed by atoms with van der Waals surface area (Å²) in [5.74, 6) is 1.49. The van der Waals surface area contributed by atoms with E-state index in [2.05, 4.69) is 45.9 Å². The number of ether oxygens (including phenoxy) is 1. The number of benzene rings is 2. The predicted octanol–water partition coefficient (Wildman–Crippen LogP) is 5.96. The Labute approximate surface area is 192 Å². The van der Waals surface area contributed by atoms with E-state index >= 15 is 0 Å². The van der Waals surface area contributed by atoms with Crippen molar-refractivity contribution < 1.29 is 9.53 Å². The molecular weight excluding hydrogens is 418 g/mol. The van der Waals surface area contributed by atoms with E-state index in [9.17, 15) is 4.79 Å². The molecule has 1 saturated carbocycles. The van der Waals surface area contributed by atoms with E-state index < -0.39 is 0 Å². The fraction of sp³-hybridized carbons (Fsp3) is 0.346. The number of thioether (sulfide) groups is 1. The smallest absolute Gasteiger partial charge is 0.305 e. The summed E-state index contributed by atoms with van der Waals surface area (Å²) in [4.78, 5) is 21.2. The molecule has 0 N–H and O–H groups in total. The Balaban J connectivity index is 1.51. The third kappa shape index (κ3) is 4.37. The van der Waals surface area contributed by atoms with E-state index in [4.69, 9.17) is 9.72 Å². The molecule has 0 saturated heterocycles. The monoisotopic (exact) mass is 445 g/mol. The van der Waals surface area contributed by atoms with Gasteiger partial charge in [-0.1, -0.05) is 42.1 Å². The van der Waals surface area contributed by atoms with Gasteiger partial charge in [-0.2, -0.15) is 0 Å². The van der Waals surface area contributed by atoms with E-state index in [1.54, 1.807) is 11.8 Å². The first kappa shape index (κ1) is 21.0. The van der Waals surface area contributed by atoms with Crippen LogP contribution in [0.15, 0.2) is 59.9 Å². The van der Waals surface area contributed by atoms with E-state index in [1.165, 1.54) is 29.2 Å². The van der Waals surface area contributed by atoms with Gasteiger partial charge in [0.25, 0.3) is 0 Å². The molecule has 1 fully saturated rings. The van der Waals surface area contributed by atoms with Crippen LogP contribution >= 0.6 is 11.8 Å². The average Bonchev–Trinajstić information content (AvgIpc) is 3.55. The van der Waals surface area contributed by atoms with Crippen molar-refractivity contribution in [3.63, 3.8) is 0 Å². The van der Waals surface area contributed by atoms with Gasteiger partial charge in [0.15, 0.2) is 10.8 Å². The van der Waals surface area contributed by atoms with E-state index in [-0.39, 0.29) is 5.97 Å². The minimum atomic E-state index is -0.138. The lowest BCUT2D eigenvalue weighted by Crippen LogP contribution is -2.04. The Morgan fingerprint density at radius 2 is 1.97 bits per heavy atom. The van der Waals surface area contributed by atoms with Gasteiger partial charge in [-0.15, -0.1) is 0 Å². The fourth-order valence-corrected chi connectivity index (χ4v) is 5.13. The van der Waals surface area contributed by atoms with E-state index in [1.807, 2.05) is 25.3 Å². The van der Waals surface area contributed by atoms with Crippen LogP contribution in [-0.2, 0) is 16.0 Å². The summed E-state index contributed by atoms with van der Waals surface area (Å²) in [6, 6.07) is 17.1. The lowest BCUT2D eigenvalue weighted by atomic mass is 9.99. The van der Waals surface area contributed by atoms with E-state index in [0.29, 0.717) is 13.0 Å². The Kier molecular flexibility index (Phi) is 6.12. The van der Waals surface area contributed by atoms with Gasteiger partial charge in [0.2, 0.25) is 0 Å². The molecule has 0 aliphatic heterocycles. The topological polar surface area (TPSA) is 57.0 Å². The molecule has 0 unspecified atom stereocenters. The fourth-order valence-electron chi connectivity index (χ4n) is 4.18. The molecule has 0 amide bonds. The highest BCUT2D eigenvalue weighted by atomic mass is 32.2. The van der Waals surface area contributed by atoms with Gasteiger partial charge in [0, 0.05) is 23.8 Å². The first-order valence-corrected chi connectivity index (χ1v) is 12.4. The lowest BCUT2D eigenvalue weighted by molar-refractivity contribution is -0.143. The number of hydrogen-bond donors (Lipinski definition) is 0. The molecule has 5 nitrogen and oxygen atoms in total. The van der Waals surface area contributed by atoms with Crippen LogP contribution in [0.2, 0.25) is 0 Å². The Morgan fingerprint density at radius 3 is 2.81 bits per heavy atom. The quantitative estimate of drug-likeness (QED) is 0.181. The molecule has 6 heteroatoms. The number of esters is 1. The number of pyridine rings is 1. The molecule has 32 heavy (non-hydrogen) atoms. The van der Waals surface area contributed by atoms with Crippen molar-refractivity contribution in [2.24, 2.45) is 5.92 Å². The van der Waals surface area contributed by atoms with Crippen LogP contribution in [0.4, 0.5) is 0 Å². The summed E-state index contributed by atoms with van der Waals surface area (Å²) in [5, 5.41) is 3.44. The zero-order valence-corrected chi connectivity index (χ0v) is 19.1. The van der Waals surface area contributed by atoms with Crippen LogP contribution in [-0.4, -0.2) is 32.9 Å². The molecule has 0 atom stereocenters. The van der Waals surface area contributed by atoms with Crippen LogP contribution in [0.25, 0.3) is 27.6 Å². The van der Waals surface area contributed by atoms with Gasteiger partial charge in [-0.05, 0) is 67.7 Å². The van der Waals surface area contributed by atoms with Crippen molar-refractivity contribution >= 4 is 39.7 Å². The maximum absolute atomic E-state index is 11.7. The highest BCUT2D eigenvalue weighted by Crippen LogP contribution is 2.37. The molecular formula is C26H27N3O2S. The standard InChI is InChI=1S/C26H27N3O2S/c1-2-31-24(30)12-6-16-32-26-28-22-10-5-15-27-25(22)29(26)23-11-4-8-20-19(17-18-13-14-18)7-3-9-21(20)23/h3-5,7-11,15,18H,2,6,12-14,16-17H2,1H3. The molecule has 1 aliphatic rings. The molecule has 4 aromatic rings. The minimum Gasteiger partial charge on any atom is -0.466 e. The predicted molar refractivity (Wildman–Crippen MR) is 129 cm³/mol. The molecule has 2 aromatic carbocycles. The molecule has 0 radical (unpaired) electrons. The number of aromatic nitrogens is 3. The summed E-state index contributed by atoms with van der Waals surface area (Å²) in [5.41, 5.74) is 4.27. The lowest BCUT2D eigenvalue weighted by Gasteiger charge is -2.14. The van der Waals surface area contributed by atoms with Crippen molar-refractivity contribution in [1.29, 1.82) is 0 Å². The van der Waals surface area contributed by atoms with Crippen LogP contribution in [0.3, 0.4) is 0 Å². The average molecular weight is 446 g/mol. The van der Waals surface area contributed by atoms with Crippen LogP contribution in [0.5, 0.6) is 0 Å². The Morgan fingerprint density at radius 1 is 1.12 bits per heavy atom. The second-order valence-corrected chi connectivity index (χ2v) is 9.33. The first-order chi connectivity index (χ1) is 15.7. The maximum Gasteiger partial charge on any atom is 0.305 e. The molecule has 0 spiro atoms. The van der Waals surface area contributed by atoms with Gasteiger partial charge >= 0.3 is 5.97 Å². The Hall–Kier alpha value is -2.86. The molecule has 2 aromatic heterocycles. The number of carbonyl (C=O) groups is 1. The van der Waals surface area contributed by atoms with Crippen molar-refractivity contribution in [1.82, 2.24) is 14.5 Å². The van der Waals surface area contributed by atoms with Crippen LogP contribution in [0, 0.1) is 5.92 Å². The van der Waals surface area contributed by atoms with Crippen LogP contribution in [0.1, 0.15) is 38.2 Å². The van der Waals surface area contributed by atoms with Crippen molar-refractivity contribution in [2.45, 2.75) is 44.2 Å². The highest BCUT2D eigenvalue weighted by molar-refractivity contribution is 7.99. The summed E-state index contributed by atoms with van der Waals surface area (Å²) in [6.07, 6.45) is 6.84. The summed E-state index contributed by atoms with van der Waals surface area (Å²) < 4.78 is 7.22. The second-order valence-electron chi connectivity index (χ2n) is 8.27. The number of hydrogen-bond acceptors (Lipinski definition) is 5.